The summed E-state index contributed by atoms with van der Waals surface area (Å²) in [5.74, 6) is 0.352. The van der Waals surface area contributed by atoms with Crippen LogP contribution in [-0.2, 0) is 0 Å². The summed E-state index contributed by atoms with van der Waals surface area (Å²) in [5, 5.41) is 15.0. The molecule has 1 aromatic rings. The SMILES string of the molecule is CC(C)n1ncc(Cl)c1C1CCCCC(O)C1. The van der Waals surface area contributed by atoms with Gasteiger partial charge in [-0.2, -0.15) is 5.10 Å². The Labute approximate surface area is 108 Å². The van der Waals surface area contributed by atoms with E-state index in [-0.39, 0.29) is 6.10 Å². The Morgan fingerprint density at radius 3 is 2.82 bits per heavy atom. The van der Waals surface area contributed by atoms with Crippen molar-refractivity contribution in [1.82, 2.24) is 9.78 Å². The fourth-order valence-electron chi connectivity index (χ4n) is 2.73. The van der Waals surface area contributed by atoms with Crippen molar-refractivity contribution < 1.29 is 5.11 Å². The first kappa shape index (κ1) is 12.9. The third-order valence-electron chi connectivity index (χ3n) is 3.56. The summed E-state index contributed by atoms with van der Waals surface area (Å²) in [6, 6.07) is 0.317. The summed E-state index contributed by atoms with van der Waals surface area (Å²) in [5.41, 5.74) is 1.11. The average molecular weight is 257 g/mol. The zero-order valence-corrected chi connectivity index (χ0v) is 11.3. The molecule has 1 heterocycles. The standard InChI is InChI=1S/C13H21ClN2O/c1-9(2)16-13(12(14)8-15-16)10-5-3-4-6-11(17)7-10/h8-11,17H,3-7H2,1-2H3. The first-order valence-electron chi connectivity index (χ1n) is 6.50. The lowest BCUT2D eigenvalue weighted by molar-refractivity contribution is 0.150. The van der Waals surface area contributed by atoms with Gasteiger partial charge in [0.25, 0.3) is 0 Å². The van der Waals surface area contributed by atoms with Crippen LogP contribution in [-0.4, -0.2) is 21.0 Å². The maximum absolute atomic E-state index is 9.91. The third-order valence-corrected chi connectivity index (χ3v) is 3.85. The number of hydrogen-bond acceptors (Lipinski definition) is 2. The number of halogens is 1. The van der Waals surface area contributed by atoms with Crippen LogP contribution in [0.2, 0.25) is 5.02 Å². The summed E-state index contributed by atoms with van der Waals surface area (Å²) in [4.78, 5) is 0. The van der Waals surface area contributed by atoms with Gasteiger partial charge in [0.2, 0.25) is 0 Å². The van der Waals surface area contributed by atoms with Crippen LogP contribution in [0, 0.1) is 0 Å². The molecule has 0 radical (unpaired) electrons. The van der Waals surface area contributed by atoms with Gasteiger partial charge in [-0.05, 0) is 33.1 Å². The maximum atomic E-state index is 9.91. The van der Waals surface area contributed by atoms with E-state index in [1.165, 1.54) is 6.42 Å². The molecular weight excluding hydrogens is 236 g/mol. The van der Waals surface area contributed by atoms with Crippen molar-refractivity contribution in [2.75, 3.05) is 0 Å². The Morgan fingerprint density at radius 1 is 1.41 bits per heavy atom. The molecule has 1 aliphatic rings. The highest BCUT2D eigenvalue weighted by Crippen LogP contribution is 2.36. The molecular formula is C13H21ClN2O. The lowest BCUT2D eigenvalue weighted by Gasteiger charge is -2.20. The molecule has 3 nitrogen and oxygen atoms in total. The zero-order valence-electron chi connectivity index (χ0n) is 10.6. The number of hydrogen-bond donors (Lipinski definition) is 1. The summed E-state index contributed by atoms with van der Waals surface area (Å²) in [6.45, 7) is 4.22. The highest BCUT2D eigenvalue weighted by molar-refractivity contribution is 6.31. The Balaban J connectivity index is 2.28. The molecule has 1 saturated carbocycles. The molecule has 2 rings (SSSR count). The van der Waals surface area contributed by atoms with Gasteiger partial charge in [-0.1, -0.05) is 24.4 Å². The lowest BCUT2D eigenvalue weighted by Crippen LogP contribution is -2.15. The van der Waals surface area contributed by atoms with Crippen molar-refractivity contribution in [3.63, 3.8) is 0 Å². The fourth-order valence-corrected chi connectivity index (χ4v) is 3.01. The number of aliphatic hydroxyl groups excluding tert-OH is 1. The summed E-state index contributed by atoms with van der Waals surface area (Å²) < 4.78 is 2.00. The van der Waals surface area contributed by atoms with Gasteiger partial charge in [0, 0.05) is 12.0 Å². The van der Waals surface area contributed by atoms with Gasteiger partial charge in [-0.25, -0.2) is 0 Å². The van der Waals surface area contributed by atoms with Crippen molar-refractivity contribution in [2.24, 2.45) is 0 Å². The van der Waals surface area contributed by atoms with Crippen molar-refractivity contribution in [1.29, 1.82) is 0 Å². The molecule has 1 fully saturated rings. The molecule has 0 amide bonds. The Morgan fingerprint density at radius 2 is 2.12 bits per heavy atom. The smallest absolute Gasteiger partial charge is 0.0820 e. The van der Waals surface area contributed by atoms with Crippen LogP contribution in [0.3, 0.4) is 0 Å². The first-order valence-corrected chi connectivity index (χ1v) is 6.88. The molecule has 0 bridgehead atoms. The van der Waals surface area contributed by atoms with Crippen molar-refractivity contribution in [3.8, 4) is 0 Å². The van der Waals surface area contributed by atoms with Crippen molar-refractivity contribution >= 4 is 11.6 Å². The molecule has 0 aromatic carbocycles. The summed E-state index contributed by atoms with van der Waals surface area (Å²) >= 11 is 6.26. The molecule has 2 unspecified atom stereocenters. The topological polar surface area (TPSA) is 38.0 Å². The molecule has 4 heteroatoms. The Hall–Kier alpha value is -0.540. The second-order valence-corrected chi connectivity index (χ2v) is 5.69. The van der Waals surface area contributed by atoms with Crippen LogP contribution < -0.4 is 0 Å². The van der Waals surface area contributed by atoms with Gasteiger partial charge in [-0.15, -0.1) is 0 Å². The van der Waals surface area contributed by atoms with Gasteiger partial charge in [0.05, 0.1) is 23.0 Å². The number of aliphatic hydroxyl groups is 1. The minimum atomic E-state index is -0.186. The average Bonchev–Trinajstić information content (AvgIpc) is 2.52. The lowest BCUT2D eigenvalue weighted by atomic mass is 9.95. The van der Waals surface area contributed by atoms with Crippen molar-refractivity contribution in [3.05, 3.63) is 16.9 Å². The van der Waals surface area contributed by atoms with Gasteiger partial charge >= 0.3 is 0 Å². The summed E-state index contributed by atoms with van der Waals surface area (Å²) in [6.07, 6.45) is 6.67. The molecule has 17 heavy (non-hydrogen) atoms. The van der Waals surface area contributed by atoms with Gasteiger partial charge in [0.1, 0.15) is 0 Å². The second-order valence-electron chi connectivity index (χ2n) is 5.29. The predicted molar refractivity (Wildman–Crippen MR) is 69.5 cm³/mol. The Kier molecular flexibility index (Phi) is 4.10. The molecule has 1 aliphatic carbocycles. The van der Waals surface area contributed by atoms with E-state index in [0.717, 1.165) is 36.4 Å². The van der Waals surface area contributed by atoms with E-state index in [0.29, 0.717) is 12.0 Å². The zero-order chi connectivity index (χ0) is 12.4. The van der Waals surface area contributed by atoms with Gasteiger partial charge in [0.15, 0.2) is 0 Å². The van der Waals surface area contributed by atoms with Crippen molar-refractivity contribution in [2.45, 2.75) is 64.0 Å². The van der Waals surface area contributed by atoms with E-state index < -0.39 is 0 Å². The number of nitrogens with zero attached hydrogens (tertiary/aromatic N) is 2. The third kappa shape index (κ3) is 2.83. The van der Waals surface area contributed by atoms with E-state index in [2.05, 4.69) is 18.9 Å². The normalized spacial score (nSPS) is 26.2. The monoisotopic (exact) mass is 256 g/mol. The highest BCUT2D eigenvalue weighted by atomic mass is 35.5. The minimum absolute atomic E-state index is 0.186. The molecule has 1 N–H and O–H groups in total. The van der Waals surface area contributed by atoms with Crippen LogP contribution in [0.15, 0.2) is 6.20 Å². The molecule has 96 valence electrons. The highest BCUT2D eigenvalue weighted by Gasteiger charge is 2.25. The van der Waals surface area contributed by atoms with Crippen LogP contribution in [0.5, 0.6) is 0 Å². The van der Waals surface area contributed by atoms with E-state index in [4.69, 9.17) is 11.6 Å². The summed E-state index contributed by atoms with van der Waals surface area (Å²) in [7, 11) is 0. The predicted octanol–water partition coefficient (Wildman–Crippen LogP) is 3.53. The van der Waals surface area contributed by atoms with Crippen LogP contribution in [0.1, 0.15) is 63.6 Å². The fraction of sp³-hybridized carbons (Fsp3) is 0.769. The quantitative estimate of drug-likeness (QED) is 0.822. The van der Waals surface area contributed by atoms with E-state index in [1.54, 1.807) is 6.20 Å². The molecule has 0 saturated heterocycles. The van der Waals surface area contributed by atoms with Crippen LogP contribution in [0.25, 0.3) is 0 Å². The van der Waals surface area contributed by atoms with Gasteiger partial charge in [-0.3, -0.25) is 4.68 Å². The molecule has 2 atom stereocenters. The first-order chi connectivity index (χ1) is 8.09. The van der Waals surface area contributed by atoms with E-state index >= 15 is 0 Å². The van der Waals surface area contributed by atoms with Gasteiger partial charge < -0.3 is 5.11 Å². The number of aromatic nitrogens is 2. The van der Waals surface area contributed by atoms with Crippen LogP contribution in [0.4, 0.5) is 0 Å². The van der Waals surface area contributed by atoms with Crippen LogP contribution >= 0.6 is 11.6 Å². The Bertz CT molecular complexity index is 375. The number of rotatable bonds is 2. The second kappa shape index (κ2) is 5.40. The minimum Gasteiger partial charge on any atom is -0.393 e. The molecule has 0 spiro atoms. The van der Waals surface area contributed by atoms with E-state index in [9.17, 15) is 5.11 Å². The molecule has 0 aliphatic heterocycles. The van der Waals surface area contributed by atoms with E-state index in [1.807, 2.05) is 4.68 Å². The maximum Gasteiger partial charge on any atom is 0.0820 e. The largest absolute Gasteiger partial charge is 0.393 e. The molecule has 1 aromatic heterocycles.